The molecule has 15 heavy (non-hydrogen) atoms. The first kappa shape index (κ1) is 9.89. The molecular weight excluding hydrogens is 196 g/mol. The second-order valence-corrected chi connectivity index (χ2v) is 3.66. The monoisotopic (exact) mass is 208 g/mol. The zero-order chi connectivity index (χ0) is 10.8. The van der Waals surface area contributed by atoms with Gasteiger partial charge < -0.3 is 4.74 Å². The Kier molecular flexibility index (Phi) is 2.53. The molecule has 1 aliphatic rings. The summed E-state index contributed by atoms with van der Waals surface area (Å²) in [6.45, 7) is 0. The molecule has 0 amide bonds. The maximum Gasteiger partial charge on any atom is 0.313 e. The van der Waals surface area contributed by atoms with Crippen molar-refractivity contribution in [2.75, 3.05) is 7.11 Å². The fourth-order valence-electron chi connectivity index (χ4n) is 1.38. The Morgan fingerprint density at radius 1 is 1.60 bits per heavy atom. The number of aromatic nitrogens is 2. The fraction of sp³-hybridized carbons (Fsp3) is 0.500. The second kappa shape index (κ2) is 3.84. The summed E-state index contributed by atoms with van der Waals surface area (Å²) in [5.41, 5.74) is 1.31. The van der Waals surface area contributed by atoms with Gasteiger partial charge in [-0.15, -0.1) is 0 Å². The molecule has 0 spiro atoms. The van der Waals surface area contributed by atoms with Gasteiger partial charge in [-0.25, -0.2) is 0 Å². The van der Waals surface area contributed by atoms with Gasteiger partial charge in [0, 0.05) is 11.6 Å². The third-order valence-electron chi connectivity index (χ3n) is 2.43. The van der Waals surface area contributed by atoms with Crippen molar-refractivity contribution < 1.29 is 14.3 Å². The van der Waals surface area contributed by atoms with E-state index in [1.807, 2.05) is 0 Å². The van der Waals surface area contributed by atoms with Crippen LogP contribution in [-0.2, 0) is 9.53 Å². The summed E-state index contributed by atoms with van der Waals surface area (Å²) in [5.74, 6) is -0.307. The Morgan fingerprint density at radius 3 is 2.93 bits per heavy atom. The van der Waals surface area contributed by atoms with Crippen molar-refractivity contribution in [3.8, 4) is 0 Å². The average molecular weight is 208 g/mol. The van der Waals surface area contributed by atoms with Crippen molar-refractivity contribution in [1.82, 2.24) is 10.2 Å². The summed E-state index contributed by atoms with van der Waals surface area (Å²) in [6, 6.07) is 1.73. The highest BCUT2D eigenvalue weighted by Crippen LogP contribution is 2.39. The van der Waals surface area contributed by atoms with Gasteiger partial charge in [0.1, 0.15) is 12.1 Å². The van der Waals surface area contributed by atoms with Crippen LogP contribution in [0.1, 0.15) is 41.4 Å². The van der Waals surface area contributed by atoms with E-state index >= 15 is 0 Å². The largest absolute Gasteiger partial charge is 0.469 e. The number of methoxy groups -OCH3 is 1. The third kappa shape index (κ3) is 2.23. The van der Waals surface area contributed by atoms with Crippen LogP contribution < -0.4 is 0 Å². The smallest absolute Gasteiger partial charge is 0.313 e. The summed E-state index contributed by atoms with van der Waals surface area (Å²) in [4.78, 5) is 22.4. The van der Waals surface area contributed by atoms with Gasteiger partial charge in [0.05, 0.1) is 7.11 Å². The van der Waals surface area contributed by atoms with Crippen molar-refractivity contribution in [2.45, 2.75) is 25.2 Å². The van der Waals surface area contributed by atoms with Gasteiger partial charge in [0.15, 0.2) is 5.78 Å². The molecule has 0 bridgehead atoms. The van der Waals surface area contributed by atoms with Gasteiger partial charge in [-0.2, -0.15) is 5.10 Å². The number of H-pyrrole nitrogens is 1. The SMILES string of the molecule is COC(=O)CC(=O)c1cc(C2CC2)[nH]n1. The number of esters is 1. The highest BCUT2D eigenvalue weighted by molar-refractivity contribution is 6.04. The predicted molar refractivity (Wildman–Crippen MR) is 51.5 cm³/mol. The van der Waals surface area contributed by atoms with Crippen molar-refractivity contribution in [3.63, 3.8) is 0 Å². The van der Waals surface area contributed by atoms with Crippen molar-refractivity contribution in [2.24, 2.45) is 0 Å². The van der Waals surface area contributed by atoms with E-state index in [0.29, 0.717) is 11.6 Å². The van der Waals surface area contributed by atoms with Crippen LogP contribution in [0.5, 0.6) is 0 Å². The molecule has 1 aromatic heterocycles. The fourth-order valence-corrected chi connectivity index (χ4v) is 1.38. The number of ether oxygens (including phenoxy) is 1. The number of ketones is 1. The molecule has 0 aliphatic heterocycles. The van der Waals surface area contributed by atoms with Gasteiger partial charge in [-0.3, -0.25) is 14.7 Å². The first-order chi connectivity index (χ1) is 7.20. The van der Waals surface area contributed by atoms with E-state index in [2.05, 4.69) is 14.9 Å². The lowest BCUT2D eigenvalue weighted by atomic mass is 10.2. The number of carbonyl (C=O) groups excluding carboxylic acids is 2. The first-order valence-electron chi connectivity index (χ1n) is 4.86. The van der Waals surface area contributed by atoms with Gasteiger partial charge in [0.2, 0.25) is 0 Å². The second-order valence-electron chi connectivity index (χ2n) is 3.66. The number of aromatic amines is 1. The Morgan fingerprint density at radius 2 is 2.33 bits per heavy atom. The number of nitrogens with one attached hydrogen (secondary N) is 1. The molecule has 5 heteroatoms. The molecule has 80 valence electrons. The Hall–Kier alpha value is -1.65. The molecule has 0 saturated heterocycles. The molecule has 0 unspecified atom stereocenters. The van der Waals surface area contributed by atoms with E-state index in [1.54, 1.807) is 6.07 Å². The van der Waals surface area contributed by atoms with Gasteiger partial charge in [-0.1, -0.05) is 0 Å². The van der Waals surface area contributed by atoms with Crippen LogP contribution in [0.4, 0.5) is 0 Å². The molecule has 1 aromatic rings. The van der Waals surface area contributed by atoms with Crippen LogP contribution in [-0.4, -0.2) is 29.1 Å². The average Bonchev–Trinajstić information content (AvgIpc) is 2.96. The topological polar surface area (TPSA) is 72.1 Å². The van der Waals surface area contributed by atoms with Crippen LogP contribution in [0.2, 0.25) is 0 Å². The van der Waals surface area contributed by atoms with Crippen LogP contribution in [0.3, 0.4) is 0 Å². The Labute approximate surface area is 86.8 Å². The first-order valence-corrected chi connectivity index (χ1v) is 4.86. The van der Waals surface area contributed by atoms with Crippen molar-refractivity contribution in [3.05, 3.63) is 17.5 Å². The Balaban J connectivity index is 2.01. The standard InChI is InChI=1S/C10H12N2O3/c1-15-10(14)5-9(13)8-4-7(11-12-8)6-2-3-6/h4,6H,2-3,5H2,1H3,(H,11,12). The third-order valence-corrected chi connectivity index (χ3v) is 2.43. The molecule has 2 rings (SSSR count). The lowest BCUT2D eigenvalue weighted by Crippen LogP contribution is -2.09. The number of rotatable bonds is 4. The number of Topliss-reactive ketones (excluding diaryl/α,β-unsaturated/α-hetero) is 1. The van der Waals surface area contributed by atoms with Crippen LogP contribution >= 0.6 is 0 Å². The molecule has 1 fully saturated rings. The van der Waals surface area contributed by atoms with Crippen molar-refractivity contribution in [1.29, 1.82) is 0 Å². The number of carbonyl (C=O) groups is 2. The van der Waals surface area contributed by atoms with Gasteiger partial charge in [0.25, 0.3) is 0 Å². The normalized spacial score (nSPS) is 15.0. The molecule has 1 aliphatic carbocycles. The van der Waals surface area contributed by atoms with E-state index in [-0.39, 0.29) is 12.2 Å². The Bertz CT molecular complexity index is 393. The molecular formula is C10H12N2O3. The number of nitrogens with zero attached hydrogens (tertiary/aromatic N) is 1. The highest BCUT2D eigenvalue weighted by atomic mass is 16.5. The lowest BCUT2D eigenvalue weighted by molar-refractivity contribution is -0.139. The highest BCUT2D eigenvalue weighted by Gasteiger charge is 2.26. The summed E-state index contributed by atoms with van der Waals surface area (Å²) < 4.78 is 4.41. The van der Waals surface area contributed by atoms with E-state index in [4.69, 9.17) is 0 Å². The molecule has 1 saturated carbocycles. The van der Waals surface area contributed by atoms with Gasteiger partial charge >= 0.3 is 5.97 Å². The minimum Gasteiger partial charge on any atom is -0.469 e. The summed E-state index contributed by atoms with van der Waals surface area (Å²) >= 11 is 0. The minimum atomic E-state index is -0.532. The summed E-state index contributed by atoms with van der Waals surface area (Å²) in [5, 5.41) is 6.70. The van der Waals surface area contributed by atoms with Crippen LogP contribution in [0, 0.1) is 0 Å². The zero-order valence-corrected chi connectivity index (χ0v) is 8.45. The maximum absolute atomic E-state index is 11.5. The molecule has 0 atom stereocenters. The molecule has 1 heterocycles. The molecule has 5 nitrogen and oxygen atoms in total. The predicted octanol–water partition coefficient (Wildman–Crippen LogP) is 1.03. The number of hydrogen-bond acceptors (Lipinski definition) is 4. The van der Waals surface area contributed by atoms with Crippen LogP contribution in [0.15, 0.2) is 6.07 Å². The van der Waals surface area contributed by atoms with Crippen LogP contribution in [0.25, 0.3) is 0 Å². The molecule has 1 N–H and O–H groups in total. The number of hydrogen-bond donors (Lipinski definition) is 1. The molecule has 0 aromatic carbocycles. The maximum atomic E-state index is 11.5. The summed E-state index contributed by atoms with van der Waals surface area (Å²) in [7, 11) is 1.26. The van der Waals surface area contributed by atoms with Crippen molar-refractivity contribution >= 4 is 11.8 Å². The molecule has 0 radical (unpaired) electrons. The lowest BCUT2D eigenvalue weighted by Gasteiger charge is -1.94. The van der Waals surface area contributed by atoms with E-state index in [1.165, 1.54) is 7.11 Å². The quantitative estimate of drug-likeness (QED) is 0.455. The van der Waals surface area contributed by atoms with E-state index in [0.717, 1.165) is 18.5 Å². The minimum absolute atomic E-state index is 0.245. The zero-order valence-electron chi connectivity index (χ0n) is 8.45. The summed E-state index contributed by atoms with van der Waals surface area (Å²) in [6.07, 6.45) is 2.05. The van der Waals surface area contributed by atoms with E-state index < -0.39 is 5.97 Å². The van der Waals surface area contributed by atoms with E-state index in [9.17, 15) is 9.59 Å². The van der Waals surface area contributed by atoms with Gasteiger partial charge in [-0.05, 0) is 18.9 Å².